The number of pyridine rings is 2. The summed E-state index contributed by atoms with van der Waals surface area (Å²) in [5, 5.41) is 17.1. The molecule has 8 nitrogen and oxygen atoms in total. The van der Waals surface area contributed by atoms with Crippen molar-refractivity contribution in [1.29, 1.82) is 5.26 Å². The van der Waals surface area contributed by atoms with E-state index in [1.807, 2.05) is 25.3 Å². The van der Waals surface area contributed by atoms with Crippen LogP contribution in [0.25, 0.3) is 16.6 Å². The van der Waals surface area contributed by atoms with Crippen molar-refractivity contribution in [3.63, 3.8) is 0 Å². The monoisotopic (exact) mass is 482 g/mol. The zero-order chi connectivity index (χ0) is 25.4. The van der Waals surface area contributed by atoms with E-state index >= 15 is 0 Å². The Morgan fingerprint density at radius 1 is 1.31 bits per heavy atom. The van der Waals surface area contributed by atoms with Crippen molar-refractivity contribution >= 4 is 17.2 Å². The molecule has 0 radical (unpaired) electrons. The van der Waals surface area contributed by atoms with Crippen LogP contribution < -0.4 is 15.0 Å². The molecule has 36 heavy (non-hydrogen) atoms. The van der Waals surface area contributed by atoms with Gasteiger partial charge in [0, 0.05) is 34.9 Å². The van der Waals surface area contributed by atoms with Gasteiger partial charge < -0.3 is 15.0 Å². The van der Waals surface area contributed by atoms with Crippen molar-refractivity contribution < 1.29 is 9.53 Å². The number of nitrogens with zero attached hydrogens (tertiary/aromatic N) is 5. The maximum Gasteiger partial charge on any atom is 0.296 e. The average molecular weight is 483 g/mol. The van der Waals surface area contributed by atoms with Gasteiger partial charge in [-0.25, -0.2) is 9.50 Å². The summed E-state index contributed by atoms with van der Waals surface area (Å²) in [6.45, 7) is 6.78. The van der Waals surface area contributed by atoms with E-state index in [1.165, 1.54) is 0 Å². The van der Waals surface area contributed by atoms with E-state index in [-0.39, 0.29) is 29.4 Å². The van der Waals surface area contributed by atoms with Gasteiger partial charge >= 0.3 is 0 Å². The number of aromatic nitrogens is 3. The highest BCUT2D eigenvalue weighted by Crippen LogP contribution is 2.46. The summed E-state index contributed by atoms with van der Waals surface area (Å²) < 4.78 is 7.42. The lowest BCUT2D eigenvalue weighted by Crippen LogP contribution is -2.61. The molecule has 8 heteroatoms. The number of ether oxygens (including phenoxy) is 1. The van der Waals surface area contributed by atoms with Gasteiger partial charge in [-0.3, -0.25) is 4.79 Å². The molecule has 3 aromatic rings. The Morgan fingerprint density at radius 3 is 2.64 bits per heavy atom. The Kier molecular flexibility index (Phi) is 6.05. The van der Waals surface area contributed by atoms with E-state index in [2.05, 4.69) is 47.2 Å². The van der Waals surface area contributed by atoms with Gasteiger partial charge in [-0.15, -0.1) is 6.42 Å². The Balaban J connectivity index is 1.46. The van der Waals surface area contributed by atoms with Gasteiger partial charge in [0.1, 0.15) is 17.6 Å². The summed E-state index contributed by atoms with van der Waals surface area (Å²) >= 11 is 0. The van der Waals surface area contributed by atoms with Crippen LogP contribution in [0.1, 0.15) is 52.0 Å². The second kappa shape index (κ2) is 9.20. The number of hydrogen-bond acceptors (Lipinski definition) is 6. The lowest BCUT2D eigenvalue weighted by Gasteiger charge is -2.49. The molecule has 0 spiro atoms. The molecule has 2 fully saturated rings. The fourth-order valence-electron chi connectivity index (χ4n) is 5.98. The average Bonchev–Trinajstić information content (AvgIpc) is 3.41. The van der Waals surface area contributed by atoms with Crippen molar-refractivity contribution in [3.8, 4) is 35.3 Å². The van der Waals surface area contributed by atoms with Gasteiger partial charge in [0.2, 0.25) is 0 Å². The van der Waals surface area contributed by atoms with Crippen LogP contribution >= 0.6 is 0 Å². The molecule has 2 bridgehead atoms. The van der Waals surface area contributed by atoms with Crippen LogP contribution in [-0.4, -0.2) is 44.7 Å². The molecule has 0 aromatic carbocycles. The normalized spacial score (nSPS) is 22.9. The number of hydrogen-bond donors (Lipinski definition) is 1. The summed E-state index contributed by atoms with van der Waals surface area (Å²) in [6.07, 6.45) is 14.4. The van der Waals surface area contributed by atoms with Gasteiger partial charge in [0.05, 0.1) is 30.1 Å². The van der Waals surface area contributed by atoms with Crippen molar-refractivity contribution in [2.45, 2.75) is 64.1 Å². The number of nitriles is 1. The maximum atomic E-state index is 12.1. The van der Waals surface area contributed by atoms with E-state index in [1.54, 1.807) is 16.9 Å². The van der Waals surface area contributed by atoms with Gasteiger partial charge in [0.15, 0.2) is 0 Å². The first-order valence-electron chi connectivity index (χ1n) is 12.5. The highest BCUT2D eigenvalue weighted by molar-refractivity contribution is 5.93. The van der Waals surface area contributed by atoms with Gasteiger partial charge in [-0.05, 0) is 62.6 Å². The zero-order valence-corrected chi connectivity index (χ0v) is 20.9. The van der Waals surface area contributed by atoms with Crippen molar-refractivity contribution in [2.75, 3.05) is 11.5 Å². The topological polar surface area (TPSA) is 95.5 Å². The molecule has 2 saturated heterocycles. The van der Waals surface area contributed by atoms with E-state index in [0.29, 0.717) is 17.9 Å². The third kappa shape index (κ3) is 3.93. The SMILES string of the molecule is C#CC(=O)NC1(C(C)C)CC2CCC(C1)N2c1ccc(-c2cc(OCC)cn3ncc(C#N)c23)cn1. The van der Waals surface area contributed by atoms with Crippen LogP contribution in [-0.2, 0) is 4.79 Å². The third-order valence-electron chi connectivity index (χ3n) is 7.76. The Labute approximate surface area is 211 Å². The van der Waals surface area contributed by atoms with Crippen LogP contribution in [0.15, 0.2) is 36.8 Å². The quantitative estimate of drug-likeness (QED) is 0.535. The molecular weight excluding hydrogens is 452 g/mol. The Hall–Kier alpha value is -4.04. The number of nitrogens with one attached hydrogen (secondary N) is 1. The molecule has 1 N–H and O–H groups in total. The van der Waals surface area contributed by atoms with Crippen LogP contribution in [0.5, 0.6) is 5.75 Å². The van der Waals surface area contributed by atoms with E-state index < -0.39 is 0 Å². The molecule has 2 unspecified atom stereocenters. The predicted molar refractivity (Wildman–Crippen MR) is 137 cm³/mol. The predicted octanol–water partition coefficient (Wildman–Crippen LogP) is 3.94. The van der Waals surface area contributed by atoms with Crippen LogP contribution in [0, 0.1) is 29.6 Å². The molecule has 1 amide bonds. The summed E-state index contributed by atoms with van der Waals surface area (Å²) in [6, 6.07) is 8.85. The second-order valence-electron chi connectivity index (χ2n) is 10.0. The molecule has 0 saturated carbocycles. The smallest absolute Gasteiger partial charge is 0.296 e. The molecule has 184 valence electrons. The first-order valence-corrected chi connectivity index (χ1v) is 12.5. The van der Waals surface area contributed by atoms with Gasteiger partial charge in [-0.2, -0.15) is 10.4 Å². The minimum absolute atomic E-state index is 0.278. The fraction of sp³-hybridized carbons (Fsp3) is 0.429. The highest BCUT2D eigenvalue weighted by Gasteiger charge is 2.50. The minimum Gasteiger partial charge on any atom is -0.492 e. The summed E-state index contributed by atoms with van der Waals surface area (Å²) in [7, 11) is 0. The number of fused-ring (bicyclic) bond motifs is 3. The van der Waals surface area contributed by atoms with Crippen LogP contribution in [0.2, 0.25) is 0 Å². The summed E-state index contributed by atoms with van der Waals surface area (Å²) in [5.74, 6) is 3.78. The maximum absolute atomic E-state index is 12.1. The summed E-state index contributed by atoms with van der Waals surface area (Å²) in [5.41, 5.74) is 2.69. The minimum atomic E-state index is -0.337. The van der Waals surface area contributed by atoms with Crippen molar-refractivity contribution in [1.82, 2.24) is 19.9 Å². The van der Waals surface area contributed by atoms with E-state index in [4.69, 9.17) is 16.1 Å². The molecule has 3 aromatic heterocycles. The van der Waals surface area contributed by atoms with Gasteiger partial charge in [0.25, 0.3) is 5.91 Å². The van der Waals surface area contributed by atoms with Crippen molar-refractivity contribution in [3.05, 3.63) is 42.4 Å². The third-order valence-corrected chi connectivity index (χ3v) is 7.76. The summed E-state index contributed by atoms with van der Waals surface area (Å²) in [4.78, 5) is 19.4. The first kappa shape index (κ1) is 23.7. The first-order chi connectivity index (χ1) is 17.4. The fourth-order valence-corrected chi connectivity index (χ4v) is 5.98. The number of carbonyl (C=O) groups is 1. The van der Waals surface area contributed by atoms with E-state index in [0.717, 1.165) is 48.1 Å². The number of terminal acetylenes is 1. The van der Waals surface area contributed by atoms with Crippen LogP contribution in [0.4, 0.5) is 5.82 Å². The molecular formula is C28H30N6O2. The largest absolute Gasteiger partial charge is 0.492 e. The highest BCUT2D eigenvalue weighted by atomic mass is 16.5. The molecule has 2 aliphatic rings. The Bertz CT molecular complexity index is 1360. The molecule has 2 aliphatic heterocycles. The zero-order valence-electron chi connectivity index (χ0n) is 20.9. The number of carbonyl (C=O) groups excluding carboxylic acids is 1. The molecule has 0 aliphatic carbocycles. The number of rotatable bonds is 6. The lowest BCUT2D eigenvalue weighted by molar-refractivity contribution is -0.118. The number of piperidine rings is 1. The standard InChI is InChI=1S/C28H30N6O2/c1-5-26(35)32-28(18(3)4)12-21-8-9-22(13-28)34(21)25-10-7-19(15-30-25)24-11-23(36-6-2)17-33-27(24)20(14-29)16-31-33/h1,7,10-11,15-18,21-22H,6,8-9,12-13H2,2-4H3,(H,32,35). The lowest BCUT2D eigenvalue weighted by atomic mass is 9.74. The van der Waals surface area contributed by atoms with Crippen molar-refractivity contribution in [2.24, 2.45) is 5.92 Å². The van der Waals surface area contributed by atoms with Crippen LogP contribution in [0.3, 0.4) is 0 Å². The number of amides is 1. The van der Waals surface area contributed by atoms with E-state index in [9.17, 15) is 10.1 Å². The molecule has 5 rings (SSSR count). The molecule has 5 heterocycles. The molecule has 2 atom stereocenters. The van der Waals surface area contributed by atoms with Gasteiger partial charge in [-0.1, -0.05) is 13.8 Å². The number of anilines is 1. The second-order valence-corrected chi connectivity index (χ2v) is 10.0. The Morgan fingerprint density at radius 2 is 2.06 bits per heavy atom.